The van der Waals surface area contributed by atoms with E-state index in [-0.39, 0.29) is 5.41 Å². The third-order valence-corrected chi connectivity index (χ3v) is 12.4. The summed E-state index contributed by atoms with van der Waals surface area (Å²) in [6.07, 6.45) is 0. The summed E-state index contributed by atoms with van der Waals surface area (Å²) in [5.74, 6) is 0. The van der Waals surface area contributed by atoms with Crippen LogP contribution in [-0.2, 0) is 5.41 Å². The summed E-state index contributed by atoms with van der Waals surface area (Å²) in [4.78, 5) is 2.38. The smallest absolute Gasteiger partial charge is 0.0462 e. The lowest BCUT2D eigenvalue weighted by atomic mass is 9.79. The minimum absolute atomic E-state index is 0.0844. The van der Waals surface area contributed by atoms with Crippen molar-refractivity contribution in [3.05, 3.63) is 223 Å². The minimum Gasteiger partial charge on any atom is -0.311 e. The maximum Gasteiger partial charge on any atom is 0.0462 e. The molecular formula is C57H41N. The highest BCUT2D eigenvalue weighted by molar-refractivity contribution is 6.12. The quantitative estimate of drug-likeness (QED) is 0.154. The molecular weight excluding hydrogens is 699 g/mol. The standard InChI is InChI=1S/C57H41N/c1-57(2)55-20-8-7-15-53(55)54-19-10-17-50(56(54)57)42-27-34-47(35-28-42)58(45-30-23-39(24-31-45)44-22-21-38-11-3-4-13-43(38)37-44)46-32-25-41(26-33-46)49-16-9-18-51-48-14-6-5-12-40(48)29-36-52(49)51/h3-37H,1-2H3. The van der Waals surface area contributed by atoms with Crippen LogP contribution >= 0.6 is 0 Å². The number of fused-ring (bicyclic) bond motifs is 7. The first-order chi connectivity index (χ1) is 28.5. The van der Waals surface area contributed by atoms with Gasteiger partial charge in [-0.1, -0.05) is 184 Å². The van der Waals surface area contributed by atoms with E-state index in [1.54, 1.807) is 0 Å². The number of nitrogens with zero attached hydrogens (tertiary/aromatic N) is 1. The first-order valence-electron chi connectivity index (χ1n) is 20.3. The molecule has 58 heavy (non-hydrogen) atoms. The summed E-state index contributed by atoms with van der Waals surface area (Å²) >= 11 is 0. The zero-order valence-electron chi connectivity index (χ0n) is 32.7. The molecule has 0 spiro atoms. The highest BCUT2D eigenvalue weighted by atomic mass is 15.1. The highest BCUT2D eigenvalue weighted by Gasteiger charge is 2.37. The van der Waals surface area contributed by atoms with Gasteiger partial charge < -0.3 is 4.90 Å². The Morgan fingerprint density at radius 1 is 0.310 bits per heavy atom. The third kappa shape index (κ3) is 5.54. The second-order valence-corrected chi connectivity index (χ2v) is 16.1. The van der Waals surface area contributed by atoms with E-state index in [2.05, 4.69) is 231 Å². The Bertz CT molecular complexity index is 3170. The topological polar surface area (TPSA) is 3.24 Å². The van der Waals surface area contributed by atoms with Crippen molar-refractivity contribution in [3.8, 4) is 44.5 Å². The zero-order valence-corrected chi connectivity index (χ0v) is 32.7. The molecule has 0 radical (unpaired) electrons. The predicted molar refractivity (Wildman–Crippen MR) is 248 cm³/mol. The number of benzene rings is 10. The van der Waals surface area contributed by atoms with E-state index in [1.807, 2.05) is 0 Å². The van der Waals surface area contributed by atoms with Crippen LogP contribution in [0.4, 0.5) is 17.1 Å². The lowest BCUT2D eigenvalue weighted by molar-refractivity contribution is 0.662. The largest absolute Gasteiger partial charge is 0.311 e. The molecule has 1 heteroatoms. The molecule has 0 bridgehead atoms. The van der Waals surface area contributed by atoms with Gasteiger partial charge in [-0.15, -0.1) is 0 Å². The molecule has 1 aliphatic carbocycles. The molecule has 0 fully saturated rings. The first kappa shape index (κ1) is 34.1. The first-order valence-corrected chi connectivity index (χ1v) is 20.3. The Hall–Kier alpha value is -7.22. The van der Waals surface area contributed by atoms with Gasteiger partial charge in [-0.05, 0) is 130 Å². The van der Waals surface area contributed by atoms with Gasteiger partial charge in [-0.25, -0.2) is 0 Å². The van der Waals surface area contributed by atoms with E-state index >= 15 is 0 Å². The molecule has 0 N–H and O–H groups in total. The fraction of sp³-hybridized carbons (Fsp3) is 0.0526. The molecule has 0 atom stereocenters. The summed E-state index contributed by atoms with van der Waals surface area (Å²) in [6, 6.07) is 78.1. The van der Waals surface area contributed by atoms with Crippen LogP contribution in [0.1, 0.15) is 25.0 Å². The molecule has 11 rings (SSSR count). The number of hydrogen-bond donors (Lipinski definition) is 0. The molecule has 1 nitrogen and oxygen atoms in total. The monoisotopic (exact) mass is 739 g/mol. The van der Waals surface area contributed by atoms with Crippen LogP contribution in [0, 0.1) is 0 Å². The van der Waals surface area contributed by atoms with Crippen LogP contribution in [-0.4, -0.2) is 0 Å². The van der Waals surface area contributed by atoms with Crippen molar-refractivity contribution >= 4 is 49.4 Å². The van der Waals surface area contributed by atoms with Gasteiger partial charge in [0, 0.05) is 22.5 Å². The van der Waals surface area contributed by atoms with E-state index in [9.17, 15) is 0 Å². The van der Waals surface area contributed by atoms with Crippen LogP contribution in [0.5, 0.6) is 0 Å². The minimum atomic E-state index is -0.0844. The Kier molecular flexibility index (Phi) is 7.91. The van der Waals surface area contributed by atoms with Crippen molar-refractivity contribution in [2.45, 2.75) is 19.3 Å². The third-order valence-electron chi connectivity index (χ3n) is 12.4. The average Bonchev–Trinajstić information content (AvgIpc) is 3.52. The molecule has 10 aromatic carbocycles. The predicted octanol–water partition coefficient (Wildman–Crippen LogP) is 15.9. The summed E-state index contributed by atoms with van der Waals surface area (Å²) in [5, 5.41) is 7.61. The Balaban J connectivity index is 0.994. The van der Waals surface area contributed by atoms with Gasteiger partial charge >= 0.3 is 0 Å². The molecule has 0 saturated carbocycles. The lowest BCUT2D eigenvalue weighted by Gasteiger charge is -2.27. The van der Waals surface area contributed by atoms with E-state index in [4.69, 9.17) is 0 Å². The fourth-order valence-corrected chi connectivity index (χ4v) is 9.58. The van der Waals surface area contributed by atoms with Crippen molar-refractivity contribution in [3.63, 3.8) is 0 Å². The van der Waals surface area contributed by atoms with Crippen molar-refractivity contribution < 1.29 is 0 Å². The van der Waals surface area contributed by atoms with E-state index in [1.165, 1.54) is 88.0 Å². The Morgan fingerprint density at radius 3 is 1.55 bits per heavy atom. The summed E-state index contributed by atoms with van der Waals surface area (Å²) in [5.41, 5.74) is 16.1. The number of hydrogen-bond acceptors (Lipinski definition) is 1. The van der Waals surface area contributed by atoms with Gasteiger partial charge in [0.15, 0.2) is 0 Å². The molecule has 0 saturated heterocycles. The average molecular weight is 740 g/mol. The van der Waals surface area contributed by atoms with Crippen molar-refractivity contribution in [2.75, 3.05) is 4.90 Å². The van der Waals surface area contributed by atoms with Gasteiger partial charge in [0.2, 0.25) is 0 Å². The number of rotatable bonds is 6. The molecule has 0 aliphatic heterocycles. The summed E-state index contributed by atoms with van der Waals surface area (Å²) in [6.45, 7) is 4.73. The second-order valence-electron chi connectivity index (χ2n) is 16.1. The van der Waals surface area contributed by atoms with Crippen LogP contribution in [0.3, 0.4) is 0 Å². The van der Waals surface area contributed by atoms with E-state index in [0.717, 1.165) is 17.1 Å². The SMILES string of the molecule is CC1(C)c2ccccc2-c2cccc(-c3ccc(N(c4ccc(-c5ccc6ccccc6c5)cc4)c4ccc(-c5cccc6c5ccc5ccccc56)cc4)cc3)c21. The van der Waals surface area contributed by atoms with Gasteiger partial charge in [-0.2, -0.15) is 0 Å². The summed E-state index contributed by atoms with van der Waals surface area (Å²) in [7, 11) is 0. The van der Waals surface area contributed by atoms with Crippen LogP contribution in [0.25, 0.3) is 76.8 Å². The van der Waals surface area contributed by atoms with Crippen LogP contribution in [0.2, 0.25) is 0 Å². The fourth-order valence-electron chi connectivity index (χ4n) is 9.58. The van der Waals surface area contributed by atoms with Crippen LogP contribution < -0.4 is 4.90 Å². The molecule has 0 aromatic heterocycles. The van der Waals surface area contributed by atoms with Gasteiger partial charge in [0.05, 0.1) is 0 Å². The molecule has 0 unspecified atom stereocenters. The maximum absolute atomic E-state index is 2.38. The molecule has 0 heterocycles. The van der Waals surface area contributed by atoms with Gasteiger partial charge in [0.1, 0.15) is 0 Å². The van der Waals surface area contributed by atoms with Crippen molar-refractivity contribution in [2.24, 2.45) is 0 Å². The molecule has 10 aromatic rings. The molecule has 1 aliphatic rings. The normalized spacial score (nSPS) is 12.8. The van der Waals surface area contributed by atoms with Gasteiger partial charge in [-0.3, -0.25) is 0 Å². The van der Waals surface area contributed by atoms with Gasteiger partial charge in [0.25, 0.3) is 0 Å². The summed E-state index contributed by atoms with van der Waals surface area (Å²) < 4.78 is 0. The lowest BCUT2D eigenvalue weighted by Crippen LogP contribution is -2.16. The Labute approximate surface area is 340 Å². The maximum atomic E-state index is 2.38. The van der Waals surface area contributed by atoms with E-state index in [0.29, 0.717) is 0 Å². The zero-order chi connectivity index (χ0) is 38.8. The highest BCUT2D eigenvalue weighted by Crippen LogP contribution is 2.52. The van der Waals surface area contributed by atoms with E-state index < -0.39 is 0 Å². The number of anilines is 3. The molecule has 274 valence electrons. The second kappa shape index (κ2) is 13.5. The van der Waals surface area contributed by atoms with Crippen LogP contribution in [0.15, 0.2) is 212 Å². The Morgan fingerprint density at radius 2 is 0.810 bits per heavy atom. The van der Waals surface area contributed by atoms with Crippen molar-refractivity contribution in [1.82, 2.24) is 0 Å². The molecule has 0 amide bonds. The van der Waals surface area contributed by atoms with Crippen molar-refractivity contribution in [1.29, 1.82) is 0 Å².